The SMILES string of the molecule is CN(CCCl)S(=O)(=O)Oc1ccc2c(c1)C(C)(C)C(O)O2. The molecule has 118 valence electrons. The van der Waals surface area contributed by atoms with Gasteiger partial charge in [0.05, 0.1) is 5.41 Å². The van der Waals surface area contributed by atoms with E-state index < -0.39 is 22.0 Å². The molecule has 21 heavy (non-hydrogen) atoms. The summed E-state index contributed by atoms with van der Waals surface area (Å²) in [6.45, 7) is 3.77. The number of rotatable bonds is 5. The summed E-state index contributed by atoms with van der Waals surface area (Å²) in [6, 6.07) is 4.64. The molecule has 0 saturated carbocycles. The Morgan fingerprint density at radius 1 is 1.48 bits per heavy atom. The van der Waals surface area contributed by atoms with Gasteiger partial charge in [-0.05, 0) is 32.0 Å². The van der Waals surface area contributed by atoms with E-state index in [4.69, 9.17) is 20.5 Å². The number of halogens is 1. The van der Waals surface area contributed by atoms with Crippen molar-refractivity contribution in [2.24, 2.45) is 0 Å². The number of nitrogens with zero attached hydrogens (tertiary/aromatic N) is 1. The highest BCUT2D eigenvalue weighted by atomic mass is 35.5. The van der Waals surface area contributed by atoms with Gasteiger partial charge >= 0.3 is 10.3 Å². The van der Waals surface area contributed by atoms with Gasteiger partial charge in [0.2, 0.25) is 6.29 Å². The summed E-state index contributed by atoms with van der Waals surface area (Å²) in [4.78, 5) is 0. The highest BCUT2D eigenvalue weighted by Gasteiger charge is 2.41. The molecule has 1 heterocycles. The predicted molar refractivity (Wildman–Crippen MR) is 79.0 cm³/mol. The van der Waals surface area contributed by atoms with E-state index in [1.165, 1.54) is 13.1 Å². The molecule has 1 aromatic carbocycles. The number of aliphatic hydroxyl groups is 1. The van der Waals surface area contributed by atoms with Crippen molar-refractivity contribution in [2.75, 3.05) is 19.5 Å². The van der Waals surface area contributed by atoms with Crippen LogP contribution in [0.2, 0.25) is 0 Å². The molecule has 0 spiro atoms. The minimum atomic E-state index is -3.90. The van der Waals surface area contributed by atoms with Crippen molar-refractivity contribution in [3.8, 4) is 11.5 Å². The topological polar surface area (TPSA) is 76.1 Å². The third-order valence-electron chi connectivity index (χ3n) is 3.48. The lowest BCUT2D eigenvalue weighted by Crippen LogP contribution is -2.33. The largest absolute Gasteiger partial charge is 0.464 e. The number of ether oxygens (including phenoxy) is 1. The first-order valence-electron chi connectivity index (χ1n) is 6.39. The summed E-state index contributed by atoms with van der Waals surface area (Å²) in [5, 5.41) is 9.86. The second kappa shape index (κ2) is 5.64. The van der Waals surface area contributed by atoms with Gasteiger partial charge in [-0.1, -0.05) is 0 Å². The monoisotopic (exact) mass is 335 g/mol. The van der Waals surface area contributed by atoms with E-state index in [1.807, 2.05) is 0 Å². The zero-order chi connectivity index (χ0) is 15.8. The molecule has 0 radical (unpaired) electrons. The van der Waals surface area contributed by atoms with Gasteiger partial charge < -0.3 is 14.0 Å². The van der Waals surface area contributed by atoms with E-state index in [1.54, 1.807) is 26.0 Å². The lowest BCUT2D eigenvalue weighted by atomic mass is 9.85. The molecule has 8 heteroatoms. The fourth-order valence-corrected chi connectivity index (χ4v) is 3.13. The summed E-state index contributed by atoms with van der Waals surface area (Å²) in [5.41, 5.74) is 0.0586. The molecule has 0 saturated heterocycles. The average molecular weight is 336 g/mol. The maximum atomic E-state index is 12.0. The van der Waals surface area contributed by atoms with E-state index in [-0.39, 0.29) is 18.2 Å². The first-order chi connectivity index (χ1) is 9.68. The summed E-state index contributed by atoms with van der Waals surface area (Å²) in [7, 11) is -2.51. The summed E-state index contributed by atoms with van der Waals surface area (Å²) < 4.78 is 35.4. The highest BCUT2D eigenvalue weighted by molar-refractivity contribution is 7.84. The van der Waals surface area contributed by atoms with Crippen LogP contribution in [-0.2, 0) is 15.7 Å². The van der Waals surface area contributed by atoms with Gasteiger partial charge in [0, 0.05) is 25.0 Å². The maximum Gasteiger partial charge on any atom is 0.384 e. The molecule has 1 atom stereocenters. The van der Waals surface area contributed by atoms with Crippen LogP contribution in [0.25, 0.3) is 0 Å². The number of benzene rings is 1. The molecule has 1 aliphatic rings. The Morgan fingerprint density at radius 3 is 2.76 bits per heavy atom. The number of alkyl halides is 1. The molecule has 1 aromatic rings. The quantitative estimate of drug-likeness (QED) is 0.825. The van der Waals surface area contributed by atoms with Gasteiger partial charge in [-0.3, -0.25) is 0 Å². The Bertz CT molecular complexity index is 631. The number of hydrogen-bond acceptors (Lipinski definition) is 5. The van der Waals surface area contributed by atoms with Crippen LogP contribution in [0.4, 0.5) is 0 Å². The molecule has 1 N–H and O–H groups in total. The van der Waals surface area contributed by atoms with Crippen LogP contribution in [0.5, 0.6) is 11.5 Å². The minimum Gasteiger partial charge on any atom is -0.464 e. The van der Waals surface area contributed by atoms with Crippen LogP contribution in [0.1, 0.15) is 19.4 Å². The van der Waals surface area contributed by atoms with Gasteiger partial charge in [0.25, 0.3) is 0 Å². The second-order valence-electron chi connectivity index (χ2n) is 5.40. The molecular weight excluding hydrogens is 318 g/mol. The van der Waals surface area contributed by atoms with Gasteiger partial charge in [-0.2, -0.15) is 12.7 Å². The molecule has 0 aromatic heterocycles. The molecule has 0 fully saturated rings. The Hall–Kier alpha value is -1.02. The molecule has 0 aliphatic carbocycles. The summed E-state index contributed by atoms with van der Waals surface area (Å²) >= 11 is 5.53. The first kappa shape index (κ1) is 16.4. The third-order valence-corrected chi connectivity index (χ3v) is 5.00. The van der Waals surface area contributed by atoms with Crippen LogP contribution < -0.4 is 8.92 Å². The zero-order valence-corrected chi connectivity index (χ0v) is 13.6. The Labute approximate surface area is 129 Å². The first-order valence-corrected chi connectivity index (χ1v) is 8.29. The summed E-state index contributed by atoms with van der Waals surface area (Å²) in [5.74, 6) is 0.864. The number of aliphatic hydroxyl groups excluding tert-OH is 1. The van der Waals surface area contributed by atoms with Crippen molar-refractivity contribution in [1.29, 1.82) is 0 Å². The van der Waals surface area contributed by atoms with E-state index >= 15 is 0 Å². The van der Waals surface area contributed by atoms with Crippen molar-refractivity contribution in [2.45, 2.75) is 25.6 Å². The normalized spacial score (nSPS) is 20.2. The van der Waals surface area contributed by atoms with E-state index in [0.29, 0.717) is 11.3 Å². The standard InChI is InChI=1S/C13H18ClNO5S/c1-13(2)10-8-9(4-5-11(10)19-12(13)16)20-21(17,18)15(3)7-6-14/h4-5,8,12,16H,6-7H2,1-3H3. The lowest BCUT2D eigenvalue weighted by Gasteiger charge is -2.21. The molecule has 2 rings (SSSR count). The van der Waals surface area contributed by atoms with Crippen LogP contribution in [0.3, 0.4) is 0 Å². The zero-order valence-electron chi connectivity index (χ0n) is 12.0. The lowest BCUT2D eigenvalue weighted by molar-refractivity contribution is -0.0450. The molecule has 1 unspecified atom stereocenters. The van der Waals surface area contributed by atoms with Gasteiger partial charge in [-0.25, -0.2) is 0 Å². The van der Waals surface area contributed by atoms with Crippen LogP contribution >= 0.6 is 11.6 Å². The Kier molecular flexibility index (Phi) is 4.39. The number of hydrogen-bond donors (Lipinski definition) is 1. The highest BCUT2D eigenvalue weighted by Crippen LogP contribution is 2.43. The van der Waals surface area contributed by atoms with E-state index in [9.17, 15) is 13.5 Å². The van der Waals surface area contributed by atoms with Crippen LogP contribution in [0.15, 0.2) is 18.2 Å². The van der Waals surface area contributed by atoms with Crippen LogP contribution in [-0.4, -0.2) is 43.6 Å². The van der Waals surface area contributed by atoms with Crippen LogP contribution in [0, 0.1) is 0 Å². The van der Waals surface area contributed by atoms with Gasteiger partial charge in [0.1, 0.15) is 11.5 Å². The summed E-state index contributed by atoms with van der Waals surface area (Å²) in [6.07, 6.45) is -0.974. The minimum absolute atomic E-state index is 0.155. The molecule has 0 amide bonds. The van der Waals surface area contributed by atoms with Gasteiger partial charge in [-0.15, -0.1) is 11.6 Å². The van der Waals surface area contributed by atoms with Crippen molar-refractivity contribution in [3.63, 3.8) is 0 Å². The van der Waals surface area contributed by atoms with Crippen molar-refractivity contribution >= 4 is 21.9 Å². The molecular formula is C13H18ClNO5S. The maximum absolute atomic E-state index is 12.0. The smallest absolute Gasteiger partial charge is 0.384 e. The Morgan fingerprint density at radius 2 is 2.14 bits per heavy atom. The average Bonchev–Trinajstić information content (AvgIpc) is 2.61. The second-order valence-corrected chi connectivity index (χ2v) is 7.42. The molecule has 1 aliphatic heterocycles. The van der Waals surface area contributed by atoms with E-state index in [0.717, 1.165) is 4.31 Å². The fraction of sp³-hybridized carbons (Fsp3) is 0.538. The van der Waals surface area contributed by atoms with E-state index in [2.05, 4.69) is 0 Å². The fourth-order valence-electron chi connectivity index (χ4n) is 1.98. The molecule has 0 bridgehead atoms. The van der Waals surface area contributed by atoms with Crippen molar-refractivity contribution in [1.82, 2.24) is 4.31 Å². The molecule has 6 nitrogen and oxygen atoms in total. The predicted octanol–water partition coefficient (Wildman–Crippen LogP) is 1.47. The van der Waals surface area contributed by atoms with Crippen molar-refractivity contribution in [3.05, 3.63) is 23.8 Å². The van der Waals surface area contributed by atoms with Crippen molar-refractivity contribution < 1.29 is 22.4 Å². The Balaban J connectivity index is 2.27. The third kappa shape index (κ3) is 3.11. The number of fused-ring (bicyclic) bond motifs is 1. The van der Waals surface area contributed by atoms with Gasteiger partial charge in [0.15, 0.2) is 0 Å².